The molecular formula is C30H43FN6O3. The molecule has 9 nitrogen and oxygen atoms in total. The average molecular weight is 555 g/mol. The van der Waals surface area contributed by atoms with Gasteiger partial charge in [0.05, 0.1) is 22.5 Å². The van der Waals surface area contributed by atoms with E-state index in [4.69, 9.17) is 14.5 Å². The van der Waals surface area contributed by atoms with Crippen molar-refractivity contribution >= 4 is 23.0 Å². The molecule has 2 saturated heterocycles. The molecule has 0 saturated carbocycles. The highest BCUT2D eigenvalue weighted by Gasteiger charge is 2.42. The maximum atomic E-state index is 13.1. The Morgan fingerprint density at radius 1 is 1.15 bits per heavy atom. The lowest BCUT2D eigenvalue weighted by Gasteiger charge is -2.46. The van der Waals surface area contributed by atoms with Crippen molar-refractivity contribution in [1.82, 2.24) is 19.4 Å². The van der Waals surface area contributed by atoms with E-state index in [-0.39, 0.29) is 18.1 Å². The molecule has 5 rings (SSSR count). The Balaban J connectivity index is 1.26. The summed E-state index contributed by atoms with van der Waals surface area (Å²) in [7, 11) is 0. The summed E-state index contributed by atoms with van der Waals surface area (Å²) in [6.07, 6.45) is 8.74. The molecule has 2 atom stereocenters. The molecule has 0 radical (unpaired) electrons. The molecule has 218 valence electrons. The predicted molar refractivity (Wildman–Crippen MR) is 155 cm³/mol. The third-order valence-electron chi connectivity index (χ3n) is 8.52. The molecule has 2 aromatic rings. The minimum atomic E-state index is -1.16. The van der Waals surface area contributed by atoms with E-state index in [9.17, 15) is 9.18 Å². The summed E-state index contributed by atoms with van der Waals surface area (Å²) < 4.78 is 26.5. The first kappa shape index (κ1) is 28.5. The Labute approximate surface area is 236 Å². The lowest BCUT2D eigenvalue weighted by atomic mass is 9.77. The van der Waals surface area contributed by atoms with Crippen LogP contribution in [0.3, 0.4) is 0 Å². The molecule has 2 fully saturated rings. The number of anilines is 1. The molecule has 1 amide bonds. The first-order chi connectivity index (χ1) is 19.3. The number of carbonyl (C=O) groups is 1. The summed E-state index contributed by atoms with van der Waals surface area (Å²) in [4.78, 5) is 23.7. The number of piperidine rings is 1. The molecule has 40 heavy (non-hydrogen) atoms. The van der Waals surface area contributed by atoms with Crippen LogP contribution in [-0.2, 0) is 9.47 Å². The van der Waals surface area contributed by atoms with Crippen LogP contribution < -0.4 is 4.90 Å². The van der Waals surface area contributed by atoms with Gasteiger partial charge in [-0.25, -0.2) is 13.7 Å². The largest absolute Gasteiger partial charge is 0.446 e. The van der Waals surface area contributed by atoms with Crippen molar-refractivity contribution in [1.29, 1.82) is 0 Å². The number of carbonyl (C=O) groups excluding carboxylic acids is 1. The molecule has 0 spiro atoms. The molecule has 5 heterocycles. The van der Waals surface area contributed by atoms with Crippen molar-refractivity contribution in [2.45, 2.75) is 58.4 Å². The summed E-state index contributed by atoms with van der Waals surface area (Å²) in [5.74, 6) is 0.271. The molecule has 0 N–H and O–H groups in total. The fraction of sp³-hybridized carbons (Fsp3) is 0.633. The van der Waals surface area contributed by atoms with Crippen LogP contribution in [0, 0.1) is 5.92 Å². The van der Waals surface area contributed by atoms with Gasteiger partial charge in [0.15, 0.2) is 0 Å². The van der Waals surface area contributed by atoms with Gasteiger partial charge in [-0.15, -0.1) is 0 Å². The van der Waals surface area contributed by atoms with Gasteiger partial charge in [0.2, 0.25) is 0 Å². The van der Waals surface area contributed by atoms with Gasteiger partial charge in [-0.1, -0.05) is 6.08 Å². The average Bonchev–Trinajstić information content (AvgIpc) is 3.41. The molecule has 0 bridgehead atoms. The van der Waals surface area contributed by atoms with Crippen LogP contribution in [0.25, 0.3) is 5.52 Å². The minimum absolute atomic E-state index is 0.148. The van der Waals surface area contributed by atoms with Gasteiger partial charge in [-0.2, -0.15) is 5.10 Å². The molecule has 1 unspecified atom stereocenters. The maximum Gasteiger partial charge on any atom is 0.409 e. The first-order valence-corrected chi connectivity index (χ1v) is 14.7. The van der Waals surface area contributed by atoms with Gasteiger partial charge >= 0.3 is 6.09 Å². The van der Waals surface area contributed by atoms with Gasteiger partial charge in [0, 0.05) is 82.3 Å². The predicted octanol–water partition coefficient (Wildman–Crippen LogP) is 4.21. The number of aliphatic imine (C=N–C) groups is 1. The smallest absolute Gasteiger partial charge is 0.409 e. The molecule has 3 aliphatic heterocycles. The number of nitrogens with zero attached hydrogens (tertiary/aromatic N) is 6. The number of hydrogen-bond donors (Lipinski definition) is 0. The maximum absolute atomic E-state index is 13.1. The number of aromatic nitrogens is 2. The molecule has 2 aromatic heterocycles. The van der Waals surface area contributed by atoms with Crippen molar-refractivity contribution in [3.63, 3.8) is 0 Å². The number of amides is 1. The summed E-state index contributed by atoms with van der Waals surface area (Å²) in [5, 5.41) is 4.55. The van der Waals surface area contributed by atoms with Crippen LogP contribution in [0.4, 0.5) is 14.9 Å². The molecule has 10 heteroatoms. The Hall–Kier alpha value is -2.98. The molecule has 0 aliphatic carbocycles. The Morgan fingerprint density at radius 3 is 2.52 bits per heavy atom. The van der Waals surface area contributed by atoms with Gasteiger partial charge in [-0.3, -0.25) is 4.99 Å². The second-order valence-corrected chi connectivity index (χ2v) is 11.4. The van der Waals surface area contributed by atoms with Crippen LogP contribution in [-0.4, -0.2) is 108 Å². The van der Waals surface area contributed by atoms with E-state index in [1.165, 1.54) is 6.92 Å². The van der Waals surface area contributed by atoms with Crippen molar-refractivity contribution in [3.05, 3.63) is 42.2 Å². The van der Waals surface area contributed by atoms with E-state index < -0.39 is 12.3 Å². The van der Waals surface area contributed by atoms with Gasteiger partial charge in [-0.05, 0) is 58.7 Å². The fourth-order valence-electron chi connectivity index (χ4n) is 6.19. The summed E-state index contributed by atoms with van der Waals surface area (Å²) >= 11 is 0. The Morgan fingerprint density at radius 2 is 1.90 bits per heavy atom. The lowest BCUT2D eigenvalue weighted by molar-refractivity contribution is -0.107. The Bertz CT molecular complexity index is 1230. The van der Waals surface area contributed by atoms with E-state index in [1.54, 1.807) is 11.1 Å². The number of rotatable bonds is 8. The second-order valence-electron chi connectivity index (χ2n) is 11.4. The number of dihydropyridines is 1. The van der Waals surface area contributed by atoms with Crippen LogP contribution in [0.2, 0.25) is 0 Å². The third kappa shape index (κ3) is 6.02. The summed E-state index contributed by atoms with van der Waals surface area (Å²) in [5.41, 5.74) is 3.93. The van der Waals surface area contributed by atoms with Gasteiger partial charge in [0.1, 0.15) is 12.8 Å². The third-order valence-corrected chi connectivity index (χ3v) is 8.52. The zero-order valence-corrected chi connectivity index (χ0v) is 24.3. The second kappa shape index (κ2) is 12.3. The normalized spacial score (nSPS) is 22.6. The van der Waals surface area contributed by atoms with Crippen LogP contribution in [0.1, 0.15) is 46.1 Å². The number of fused-ring (bicyclic) bond motifs is 1. The van der Waals surface area contributed by atoms with E-state index in [2.05, 4.69) is 53.9 Å². The number of ether oxygens (including phenoxy) is 2. The molecule has 0 aromatic carbocycles. The highest BCUT2D eigenvalue weighted by molar-refractivity contribution is 6.10. The van der Waals surface area contributed by atoms with Gasteiger partial charge in [0.25, 0.3) is 0 Å². The summed E-state index contributed by atoms with van der Waals surface area (Å²) in [6.45, 7) is 13.7. The SMILES string of the molecule is CCOC1(C2C=CC(c3cc4c(N5CCN(C(=O)OC[C@H](C)F)CC5)ccnn4c3)=NC2)CCN(C(C)C)CC1. The Kier molecular flexibility index (Phi) is 8.75. The van der Waals surface area contributed by atoms with E-state index >= 15 is 0 Å². The van der Waals surface area contributed by atoms with Crippen LogP contribution in [0.5, 0.6) is 0 Å². The van der Waals surface area contributed by atoms with Crippen LogP contribution in [0.15, 0.2) is 41.7 Å². The van der Waals surface area contributed by atoms with E-state index in [0.29, 0.717) is 38.8 Å². The van der Waals surface area contributed by atoms with Crippen molar-refractivity contribution in [3.8, 4) is 0 Å². The zero-order valence-electron chi connectivity index (χ0n) is 24.3. The monoisotopic (exact) mass is 554 g/mol. The highest BCUT2D eigenvalue weighted by atomic mass is 19.1. The fourth-order valence-corrected chi connectivity index (χ4v) is 6.19. The number of likely N-dealkylation sites (tertiary alicyclic amines) is 1. The summed E-state index contributed by atoms with van der Waals surface area (Å²) in [6, 6.07) is 4.72. The van der Waals surface area contributed by atoms with Crippen molar-refractivity contribution in [2.75, 3.05) is 63.9 Å². The van der Waals surface area contributed by atoms with E-state index in [0.717, 1.165) is 55.0 Å². The zero-order chi connectivity index (χ0) is 28.3. The van der Waals surface area contributed by atoms with Crippen LogP contribution >= 0.6 is 0 Å². The van der Waals surface area contributed by atoms with Crippen molar-refractivity contribution < 1.29 is 18.7 Å². The highest BCUT2D eigenvalue weighted by Crippen LogP contribution is 2.37. The number of alkyl halides is 1. The first-order valence-electron chi connectivity index (χ1n) is 14.7. The number of hydrogen-bond acceptors (Lipinski definition) is 7. The minimum Gasteiger partial charge on any atom is -0.446 e. The number of allylic oxidation sites excluding steroid dienone is 1. The van der Waals surface area contributed by atoms with Crippen molar-refractivity contribution in [2.24, 2.45) is 10.9 Å². The number of piperazine rings is 1. The van der Waals surface area contributed by atoms with E-state index in [1.807, 2.05) is 16.8 Å². The lowest BCUT2D eigenvalue weighted by Crippen LogP contribution is -2.52. The molecule has 3 aliphatic rings. The topological polar surface area (TPSA) is 74.9 Å². The quantitative estimate of drug-likeness (QED) is 0.487. The standard InChI is InChI=1S/C30H43FN6O3/c1-5-40-30(9-12-34(13-10-30)22(2)3)25-6-7-26(32-19-25)24-18-28-27(8-11-33-37(28)20-24)35-14-16-36(17-15-35)29(38)39-21-23(4)31/h6-8,11,18,20,22-23,25H,5,9-10,12-17,19,21H2,1-4H3/t23-,25?/m0/s1. The number of halogens is 1. The van der Waals surface area contributed by atoms with Gasteiger partial charge < -0.3 is 24.2 Å². The molecular weight excluding hydrogens is 511 g/mol.